The van der Waals surface area contributed by atoms with Crippen LogP contribution in [-0.4, -0.2) is 11.4 Å². The third-order valence-electron chi connectivity index (χ3n) is 5.18. The molecule has 1 unspecified atom stereocenters. The predicted molar refractivity (Wildman–Crippen MR) is 107 cm³/mol. The molecule has 0 N–H and O–H groups in total. The number of aryl methyl sites for hydroxylation is 2. The number of anilines is 1. The van der Waals surface area contributed by atoms with E-state index in [1.807, 2.05) is 35.2 Å². The van der Waals surface area contributed by atoms with Gasteiger partial charge < -0.3 is 0 Å². The number of carbonyl (C=O) groups is 1. The maximum atomic E-state index is 12.7. The van der Waals surface area contributed by atoms with Gasteiger partial charge in [-0.05, 0) is 66.7 Å². The van der Waals surface area contributed by atoms with Crippen LogP contribution < -0.4 is 4.90 Å². The maximum absolute atomic E-state index is 12.7. The highest BCUT2D eigenvalue weighted by molar-refractivity contribution is 8.06. The molecule has 1 spiro atoms. The lowest BCUT2D eigenvalue weighted by Gasteiger charge is -2.35. The summed E-state index contributed by atoms with van der Waals surface area (Å²) in [7, 11) is 0. The number of amides is 1. The van der Waals surface area contributed by atoms with Crippen LogP contribution in [0.4, 0.5) is 5.69 Å². The van der Waals surface area contributed by atoms with Crippen LogP contribution in [0.5, 0.6) is 0 Å². The molecule has 1 amide bonds. The first kappa shape index (κ1) is 16.2. The van der Waals surface area contributed by atoms with Crippen molar-refractivity contribution in [3.8, 4) is 0 Å². The standard InChI is InChI=1S/C22H21NOS/c1-16-8-9-18(14-17(16)2)15-20-22(12-13-25-20)11-10-21(24)23(22)19-6-4-3-5-7-19/h3-9,12-15H,10-11H2,1-2H3/b20-15-. The Morgan fingerprint density at radius 3 is 2.64 bits per heavy atom. The van der Waals surface area contributed by atoms with E-state index in [9.17, 15) is 4.79 Å². The van der Waals surface area contributed by atoms with Gasteiger partial charge in [-0.2, -0.15) is 0 Å². The van der Waals surface area contributed by atoms with Crippen molar-refractivity contribution in [2.45, 2.75) is 32.2 Å². The smallest absolute Gasteiger partial charge is 0.228 e. The minimum absolute atomic E-state index is 0.198. The molecule has 126 valence electrons. The number of carbonyl (C=O) groups excluding carboxylic acids is 1. The fraction of sp³-hybridized carbons (Fsp3) is 0.227. The van der Waals surface area contributed by atoms with Crippen LogP contribution in [0.25, 0.3) is 6.08 Å². The Labute approximate surface area is 153 Å². The van der Waals surface area contributed by atoms with Gasteiger partial charge in [0.15, 0.2) is 0 Å². The molecule has 0 bridgehead atoms. The van der Waals surface area contributed by atoms with Crippen LogP contribution in [0.15, 0.2) is 64.9 Å². The van der Waals surface area contributed by atoms with E-state index >= 15 is 0 Å². The van der Waals surface area contributed by atoms with Gasteiger partial charge in [0.2, 0.25) is 5.91 Å². The normalized spacial score (nSPS) is 24.0. The van der Waals surface area contributed by atoms with Crippen molar-refractivity contribution in [1.82, 2.24) is 0 Å². The second-order valence-corrected chi connectivity index (χ2v) is 7.71. The molecule has 2 aliphatic rings. The first-order valence-electron chi connectivity index (χ1n) is 8.62. The number of nitrogens with zero attached hydrogens (tertiary/aromatic N) is 1. The summed E-state index contributed by atoms with van der Waals surface area (Å²) < 4.78 is 0. The lowest BCUT2D eigenvalue weighted by Crippen LogP contribution is -2.44. The van der Waals surface area contributed by atoms with Crippen molar-refractivity contribution < 1.29 is 4.79 Å². The van der Waals surface area contributed by atoms with Crippen LogP contribution in [0.3, 0.4) is 0 Å². The van der Waals surface area contributed by atoms with E-state index in [-0.39, 0.29) is 11.4 Å². The van der Waals surface area contributed by atoms with E-state index in [0.717, 1.165) is 12.1 Å². The zero-order valence-electron chi connectivity index (χ0n) is 14.5. The van der Waals surface area contributed by atoms with Crippen molar-refractivity contribution in [3.05, 3.63) is 81.6 Å². The molecule has 0 aromatic heterocycles. The quantitative estimate of drug-likeness (QED) is 0.718. The molecule has 0 saturated carbocycles. The van der Waals surface area contributed by atoms with E-state index < -0.39 is 0 Å². The molecule has 2 aliphatic heterocycles. The highest BCUT2D eigenvalue weighted by atomic mass is 32.2. The summed E-state index contributed by atoms with van der Waals surface area (Å²) in [5, 5.41) is 2.13. The maximum Gasteiger partial charge on any atom is 0.228 e. The highest BCUT2D eigenvalue weighted by Crippen LogP contribution is 2.50. The van der Waals surface area contributed by atoms with Gasteiger partial charge in [0.1, 0.15) is 0 Å². The second kappa shape index (κ2) is 6.23. The van der Waals surface area contributed by atoms with Crippen LogP contribution in [-0.2, 0) is 4.79 Å². The predicted octanol–water partition coefficient (Wildman–Crippen LogP) is 5.47. The molecular formula is C22H21NOS. The van der Waals surface area contributed by atoms with Crippen LogP contribution >= 0.6 is 11.8 Å². The Hall–Kier alpha value is -2.26. The monoisotopic (exact) mass is 347 g/mol. The average molecular weight is 347 g/mol. The Bertz CT molecular complexity index is 884. The van der Waals surface area contributed by atoms with E-state index in [4.69, 9.17) is 0 Å². The molecule has 2 aromatic rings. The number of rotatable bonds is 2. The number of benzene rings is 2. The van der Waals surface area contributed by atoms with Crippen molar-refractivity contribution in [2.24, 2.45) is 0 Å². The van der Waals surface area contributed by atoms with Crippen LogP contribution in [0.1, 0.15) is 29.5 Å². The van der Waals surface area contributed by atoms with Crippen molar-refractivity contribution in [3.63, 3.8) is 0 Å². The third kappa shape index (κ3) is 2.73. The molecule has 1 saturated heterocycles. The largest absolute Gasteiger partial charge is 0.298 e. The molecule has 25 heavy (non-hydrogen) atoms. The topological polar surface area (TPSA) is 20.3 Å². The van der Waals surface area contributed by atoms with Gasteiger partial charge in [0, 0.05) is 17.0 Å². The lowest BCUT2D eigenvalue weighted by atomic mass is 9.93. The Balaban J connectivity index is 1.78. The molecule has 2 heterocycles. The number of hydrogen-bond donors (Lipinski definition) is 0. The zero-order chi connectivity index (χ0) is 17.4. The van der Waals surface area contributed by atoms with Crippen molar-refractivity contribution in [2.75, 3.05) is 4.90 Å². The Morgan fingerprint density at radius 1 is 1.08 bits per heavy atom. The summed E-state index contributed by atoms with van der Waals surface area (Å²) >= 11 is 1.73. The number of thioether (sulfide) groups is 1. The van der Waals surface area contributed by atoms with E-state index in [2.05, 4.69) is 49.6 Å². The minimum atomic E-state index is -0.331. The Morgan fingerprint density at radius 2 is 1.88 bits per heavy atom. The van der Waals surface area contributed by atoms with Gasteiger partial charge in [-0.1, -0.05) is 48.2 Å². The third-order valence-corrected chi connectivity index (χ3v) is 6.17. The van der Waals surface area contributed by atoms with Crippen LogP contribution in [0.2, 0.25) is 0 Å². The SMILES string of the molecule is Cc1ccc(/C=C2\SC=CC23CCC(=O)N3c2ccccc2)cc1C. The zero-order valence-corrected chi connectivity index (χ0v) is 15.3. The molecular weight excluding hydrogens is 326 g/mol. The average Bonchev–Trinajstić information content (AvgIpc) is 3.16. The molecule has 0 radical (unpaired) electrons. The van der Waals surface area contributed by atoms with Crippen molar-refractivity contribution in [1.29, 1.82) is 0 Å². The molecule has 2 aromatic carbocycles. The van der Waals surface area contributed by atoms with Crippen molar-refractivity contribution >= 4 is 29.4 Å². The van der Waals surface area contributed by atoms with Gasteiger partial charge in [0.05, 0.1) is 5.54 Å². The fourth-order valence-corrected chi connectivity index (χ4v) is 4.76. The molecule has 3 heteroatoms. The molecule has 1 fully saturated rings. The summed E-state index contributed by atoms with van der Waals surface area (Å²) in [4.78, 5) is 15.9. The molecule has 4 rings (SSSR count). The summed E-state index contributed by atoms with van der Waals surface area (Å²) in [5.41, 5.74) is 4.43. The van der Waals surface area contributed by atoms with Gasteiger partial charge in [-0.25, -0.2) is 0 Å². The summed E-state index contributed by atoms with van der Waals surface area (Å²) in [6, 6.07) is 16.6. The first-order chi connectivity index (χ1) is 12.1. The molecule has 2 nitrogen and oxygen atoms in total. The fourth-order valence-electron chi connectivity index (χ4n) is 3.66. The summed E-state index contributed by atoms with van der Waals surface area (Å²) in [6.07, 6.45) is 5.86. The lowest BCUT2D eigenvalue weighted by molar-refractivity contribution is -0.117. The highest BCUT2D eigenvalue weighted by Gasteiger charge is 2.49. The summed E-state index contributed by atoms with van der Waals surface area (Å²) in [5.74, 6) is 0.198. The first-order valence-corrected chi connectivity index (χ1v) is 9.50. The van der Waals surface area contributed by atoms with Gasteiger partial charge in [0.25, 0.3) is 0 Å². The Kier molecular flexibility index (Phi) is 4.04. The van der Waals surface area contributed by atoms with Crippen LogP contribution in [0, 0.1) is 13.8 Å². The second-order valence-electron chi connectivity index (χ2n) is 6.76. The van der Waals surface area contributed by atoms with Gasteiger partial charge >= 0.3 is 0 Å². The number of hydrogen-bond acceptors (Lipinski definition) is 2. The van der Waals surface area contributed by atoms with E-state index in [1.54, 1.807) is 11.8 Å². The summed E-state index contributed by atoms with van der Waals surface area (Å²) in [6.45, 7) is 4.27. The van der Waals surface area contributed by atoms with E-state index in [0.29, 0.717) is 6.42 Å². The minimum Gasteiger partial charge on any atom is -0.298 e. The molecule has 0 aliphatic carbocycles. The van der Waals surface area contributed by atoms with E-state index in [1.165, 1.54) is 21.6 Å². The van der Waals surface area contributed by atoms with Gasteiger partial charge in [-0.15, -0.1) is 0 Å². The number of para-hydroxylation sites is 1. The van der Waals surface area contributed by atoms with Gasteiger partial charge in [-0.3, -0.25) is 9.69 Å². The molecule has 1 atom stereocenters.